The average Bonchev–Trinajstić information content (AvgIpc) is 0.923. The zero-order valence-corrected chi connectivity index (χ0v) is 56.9. The average molecular weight is 1160 g/mol. The van der Waals surface area contributed by atoms with E-state index in [4.69, 9.17) is 0 Å². The van der Waals surface area contributed by atoms with Crippen molar-refractivity contribution < 1.29 is 0 Å². The van der Waals surface area contributed by atoms with Crippen LogP contribution in [0.4, 0.5) is 51.2 Å². The number of anilines is 9. The molecular weight excluding hydrogens is 1060 g/mol. The number of rotatable bonds is 6. The number of aryl methyl sites for hydroxylation is 1. The first kappa shape index (κ1) is 59.4. The van der Waals surface area contributed by atoms with Crippen molar-refractivity contribution in [3.8, 4) is 11.1 Å². The van der Waals surface area contributed by atoms with Crippen LogP contribution >= 0.6 is 0 Å². The maximum Gasteiger partial charge on any atom is 0.252 e. The highest BCUT2D eigenvalue weighted by Gasteiger charge is 2.50. The van der Waals surface area contributed by atoms with Gasteiger partial charge < -0.3 is 14.7 Å². The Balaban J connectivity index is 1.17. The fraction of sp³-hybridized carbons (Fsp3) is 0.357. The quantitative estimate of drug-likeness (QED) is 0.154. The normalized spacial score (nSPS) is 16.7. The first-order valence-corrected chi connectivity index (χ1v) is 32.7. The van der Waals surface area contributed by atoms with Crippen molar-refractivity contribution in [1.29, 1.82) is 0 Å². The molecule has 2 aliphatic heterocycles. The standard InChI is InChI=1S/C84H94BN3/c1-52-43-66-67(84(20,21)63-30-26-25-29-62(63)83(66,18)19)50-72(52)88-71-42-40-60(86(58-36-31-54(32-37-58)77(2,3)4)59-38-33-55(34-39-59)78(5,6)7)47-68(71)85-69-48-64-65(82(16,17)51-81(64,14)15)49-73(69)87(74-45-57(80(11,12)13)46-75(88)76(74)85)70-41-35-56(79(8,9)10)44-61(70)53-27-23-22-24-28-53/h22-50H,51H2,1-21H3. The van der Waals surface area contributed by atoms with Crippen LogP contribution in [0.25, 0.3) is 11.1 Å². The van der Waals surface area contributed by atoms with Crippen LogP contribution < -0.4 is 31.1 Å². The summed E-state index contributed by atoms with van der Waals surface area (Å²) in [6.07, 6.45) is 1.07. The van der Waals surface area contributed by atoms with Gasteiger partial charge in [-0.1, -0.05) is 236 Å². The smallest absolute Gasteiger partial charge is 0.252 e. The second kappa shape index (κ2) is 19.7. The molecular formula is C84H94BN3. The van der Waals surface area contributed by atoms with Crippen molar-refractivity contribution in [1.82, 2.24) is 0 Å². The van der Waals surface area contributed by atoms with Crippen LogP contribution in [-0.4, -0.2) is 6.71 Å². The molecule has 0 atom stereocenters. The molecule has 0 radical (unpaired) electrons. The van der Waals surface area contributed by atoms with Gasteiger partial charge in [-0.25, -0.2) is 0 Å². The molecule has 448 valence electrons. The molecule has 2 heterocycles. The molecule has 0 spiro atoms. The molecule has 3 nitrogen and oxygen atoms in total. The number of hydrogen-bond donors (Lipinski definition) is 0. The van der Waals surface area contributed by atoms with Gasteiger partial charge in [0, 0.05) is 61.9 Å². The van der Waals surface area contributed by atoms with Gasteiger partial charge in [0.2, 0.25) is 0 Å². The van der Waals surface area contributed by atoms with Gasteiger partial charge in [0.25, 0.3) is 6.71 Å². The van der Waals surface area contributed by atoms with E-state index < -0.39 is 0 Å². The van der Waals surface area contributed by atoms with Crippen LogP contribution in [0.3, 0.4) is 0 Å². The number of benzene rings is 9. The SMILES string of the molecule is Cc1cc2c(cc1N1c3ccc(N(c4ccc(C(C)(C)C)cc4)c4ccc(C(C)(C)C)cc4)cc3B3c4cc5c(cc4N(c4ccc(C(C)(C)C)cc4-c4ccccc4)c4cc(C(C)(C)C)cc1c43)C(C)(C)CC5(C)C)C(C)(C)c1ccccc1C2(C)C. The van der Waals surface area contributed by atoms with Gasteiger partial charge in [-0.2, -0.15) is 0 Å². The first-order valence-electron chi connectivity index (χ1n) is 32.7. The lowest BCUT2D eigenvalue weighted by atomic mass is 9.33. The highest BCUT2D eigenvalue weighted by molar-refractivity contribution is 7.00. The number of hydrogen-bond acceptors (Lipinski definition) is 3. The van der Waals surface area contributed by atoms with Gasteiger partial charge in [0.1, 0.15) is 0 Å². The Morgan fingerprint density at radius 3 is 1.31 bits per heavy atom. The topological polar surface area (TPSA) is 9.72 Å². The molecule has 13 rings (SSSR count). The van der Waals surface area contributed by atoms with Gasteiger partial charge >= 0.3 is 0 Å². The largest absolute Gasteiger partial charge is 0.311 e. The lowest BCUT2D eigenvalue weighted by molar-refractivity contribution is 0.403. The van der Waals surface area contributed by atoms with E-state index >= 15 is 0 Å². The van der Waals surface area contributed by atoms with Crippen molar-refractivity contribution in [2.45, 2.75) is 195 Å². The summed E-state index contributed by atoms with van der Waals surface area (Å²) < 4.78 is 0. The minimum absolute atomic E-state index is 0.0107. The van der Waals surface area contributed by atoms with Gasteiger partial charge in [-0.3, -0.25) is 0 Å². The van der Waals surface area contributed by atoms with E-state index in [1.54, 1.807) is 0 Å². The van der Waals surface area contributed by atoms with E-state index in [9.17, 15) is 0 Å². The first-order chi connectivity index (χ1) is 41.1. The Bertz CT molecular complexity index is 4220. The predicted molar refractivity (Wildman–Crippen MR) is 381 cm³/mol. The molecule has 0 amide bonds. The van der Waals surface area contributed by atoms with Crippen molar-refractivity contribution >= 4 is 74.3 Å². The minimum atomic E-state index is -0.253. The molecule has 0 unspecified atom stereocenters. The van der Waals surface area contributed by atoms with E-state index in [0.29, 0.717) is 0 Å². The summed E-state index contributed by atoms with van der Waals surface area (Å²) in [5.74, 6) is 0. The van der Waals surface area contributed by atoms with Crippen LogP contribution in [0.15, 0.2) is 176 Å². The van der Waals surface area contributed by atoms with Crippen molar-refractivity contribution in [2.75, 3.05) is 14.7 Å². The third-order valence-electron chi connectivity index (χ3n) is 21.0. The summed E-state index contributed by atoms with van der Waals surface area (Å²) >= 11 is 0. The molecule has 0 fully saturated rings. The Morgan fingerprint density at radius 1 is 0.352 bits per heavy atom. The lowest BCUT2D eigenvalue weighted by Gasteiger charge is -2.47. The summed E-state index contributed by atoms with van der Waals surface area (Å²) in [6, 6.07) is 69.8. The highest BCUT2D eigenvalue weighted by Crippen LogP contribution is 2.57. The Kier molecular flexibility index (Phi) is 13.3. The maximum absolute atomic E-state index is 2.73. The third kappa shape index (κ3) is 9.42. The summed E-state index contributed by atoms with van der Waals surface area (Å²) in [5.41, 5.74) is 31.6. The zero-order valence-electron chi connectivity index (χ0n) is 56.9. The Morgan fingerprint density at radius 2 is 0.784 bits per heavy atom. The second-order valence-corrected chi connectivity index (χ2v) is 33.2. The minimum Gasteiger partial charge on any atom is -0.311 e. The molecule has 88 heavy (non-hydrogen) atoms. The fourth-order valence-corrected chi connectivity index (χ4v) is 16.1. The van der Waals surface area contributed by atoms with Gasteiger partial charge in [-0.15, -0.1) is 0 Å². The van der Waals surface area contributed by atoms with Gasteiger partial charge in [0.15, 0.2) is 0 Å². The molecule has 0 aromatic heterocycles. The zero-order chi connectivity index (χ0) is 63.0. The van der Waals surface area contributed by atoms with E-state index in [1.807, 2.05) is 0 Å². The maximum atomic E-state index is 2.73. The Labute approximate surface area is 529 Å². The fourth-order valence-electron chi connectivity index (χ4n) is 16.1. The van der Waals surface area contributed by atoms with E-state index in [-0.39, 0.29) is 50.0 Å². The molecule has 0 N–H and O–H groups in total. The van der Waals surface area contributed by atoms with E-state index in [0.717, 1.165) is 23.5 Å². The lowest BCUT2D eigenvalue weighted by Crippen LogP contribution is -2.62. The van der Waals surface area contributed by atoms with Crippen LogP contribution in [0.1, 0.15) is 206 Å². The molecule has 4 heteroatoms. The molecule has 2 aliphatic carbocycles. The summed E-state index contributed by atoms with van der Waals surface area (Å²) in [7, 11) is 0. The molecule has 0 saturated carbocycles. The van der Waals surface area contributed by atoms with E-state index in [2.05, 4.69) is 336 Å². The summed E-state index contributed by atoms with van der Waals surface area (Å²) in [5, 5.41) is 0. The number of nitrogens with zero attached hydrogens (tertiary/aromatic N) is 3. The Hall–Kier alpha value is -7.56. The molecule has 0 saturated heterocycles. The predicted octanol–water partition coefficient (Wildman–Crippen LogP) is 21.3. The van der Waals surface area contributed by atoms with Crippen LogP contribution in [0, 0.1) is 6.92 Å². The van der Waals surface area contributed by atoms with E-state index in [1.165, 1.54) is 123 Å². The molecule has 9 aromatic carbocycles. The second-order valence-electron chi connectivity index (χ2n) is 33.2. The van der Waals surface area contributed by atoms with Crippen molar-refractivity contribution in [3.63, 3.8) is 0 Å². The van der Waals surface area contributed by atoms with Crippen molar-refractivity contribution in [3.05, 3.63) is 237 Å². The molecule has 4 aliphatic rings. The third-order valence-corrected chi connectivity index (χ3v) is 21.0. The molecule has 0 bridgehead atoms. The van der Waals surface area contributed by atoms with Crippen LogP contribution in [0.5, 0.6) is 0 Å². The highest BCUT2D eigenvalue weighted by atomic mass is 15.2. The van der Waals surface area contributed by atoms with Crippen LogP contribution in [-0.2, 0) is 43.3 Å². The molecule has 9 aromatic rings. The van der Waals surface area contributed by atoms with Crippen LogP contribution in [0.2, 0.25) is 0 Å². The van der Waals surface area contributed by atoms with Gasteiger partial charge in [0.05, 0.1) is 5.69 Å². The summed E-state index contributed by atoms with van der Waals surface area (Å²) in [6.45, 7) is 50.1. The van der Waals surface area contributed by atoms with Crippen molar-refractivity contribution in [2.24, 2.45) is 0 Å². The monoisotopic (exact) mass is 1160 g/mol. The van der Waals surface area contributed by atoms with Gasteiger partial charge in [-0.05, 0) is 208 Å². The number of fused-ring (bicyclic) bond motifs is 7. The summed E-state index contributed by atoms with van der Waals surface area (Å²) in [4.78, 5) is 7.96.